The van der Waals surface area contributed by atoms with Gasteiger partial charge in [0.05, 0.1) is 26.0 Å². The lowest BCUT2D eigenvalue weighted by Gasteiger charge is -2.38. The number of halogens is 1. The van der Waals surface area contributed by atoms with Crippen LogP contribution in [-0.4, -0.2) is 24.9 Å². The van der Waals surface area contributed by atoms with Crippen LogP contribution in [0.3, 0.4) is 0 Å². The van der Waals surface area contributed by atoms with Crippen LogP contribution in [-0.2, 0) is 0 Å². The zero-order valence-electron chi connectivity index (χ0n) is 16.7. The summed E-state index contributed by atoms with van der Waals surface area (Å²) in [5.41, 5.74) is 4.02. The van der Waals surface area contributed by atoms with Crippen LogP contribution in [0.25, 0.3) is 0 Å². The Morgan fingerprint density at radius 1 is 0.933 bits per heavy atom. The fourth-order valence-corrected chi connectivity index (χ4v) is 4.26. The topological polar surface area (TPSA) is 43.3 Å². The van der Waals surface area contributed by atoms with E-state index < -0.39 is 6.23 Å². The quantitative estimate of drug-likeness (QED) is 0.551. The molecule has 0 radical (unpaired) electrons. The summed E-state index contributed by atoms with van der Waals surface area (Å²) in [6.07, 6.45) is 0.358. The van der Waals surface area contributed by atoms with Crippen molar-refractivity contribution in [3.63, 3.8) is 0 Å². The number of rotatable bonds is 4. The molecule has 0 bridgehead atoms. The van der Waals surface area contributed by atoms with Gasteiger partial charge in [0.25, 0.3) is 0 Å². The molecule has 152 valence electrons. The van der Waals surface area contributed by atoms with Crippen LogP contribution in [0.2, 0.25) is 5.02 Å². The van der Waals surface area contributed by atoms with Crippen molar-refractivity contribution in [2.24, 2.45) is 5.10 Å². The Hall–Kier alpha value is -3.18. The van der Waals surface area contributed by atoms with Gasteiger partial charge in [0.15, 0.2) is 0 Å². The number of hydrogen-bond acceptors (Lipinski definition) is 5. The van der Waals surface area contributed by atoms with Gasteiger partial charge in [0, 0.05) is 22.6 Å². The van der Waals surface area contributed by atoms with Crippen molar-refractivity contribution in [3.05, 3.63) is 88.4 Å². The van der Waals surface area contributed by atoms with E-state index in [1.165, 1.54) is 0 Å². The lowest BCUT2D eigenvalue weighted by Crippen LogP contribution is -2.33. The Labute approximate surface area is 180 Å². The average molecular weight is 421 g/mol. The number of benzene rings is 3. The highest BCUT2D eigenvalue weighted by atomic mass is 35.5. The summed E-state index contributed by atoms with van der Waals surface area (Å²) in [6, 6.07) is 21.7. The molecule has 0 spiro atoms. The molecule has 0 saturated carbocycles. The Morgan fingerprint density at radius 2 is 1.67 bits per heavy atom. The zero-order valence-corrected chi connectivity index (χ0v) is 17.5. The molecule has 0 saturated heterocycles. The van der Waals surface area contributed by atoms with Crippen molar-refractivity contribution in [1.82, 2.24) is 5.01 Å². The molecule has 3 aromatic rings. The number of fused-ring (bicyclic) bond motifs is 3. The van der Waals surface area contributed by atoms with Crippen LogP contribution in [0.15, 0.2) is 71.8 Å². The average Bonchev–Trinajstić information content (AvgIpc) is 3.24. The maximum Gasteiger partial charge on any atom is 0.215 e. The van der Waals surface area contributed by atoms with Crippen LogP contribution >= 0.6 is 11.6 Å². The van der Waals surface area contributed by atoms with E-state index in [-0.39, 0.29) is 6.04 Å². The van der Waals surface area contributed by atoms with Crippen molar-refractivity contribution in [2.75, 3.05) is 14.2 Å². The lowest BCUT2D eigenvalue weighted by molar-refractivity contribution is -0.0190. The molecule has 0 fully saturated rings. The number of hydrogen-bond donors (Lipinski definition) is 0. The minimum Gasteiger partial charge on any atom is -0.497 e. The Morgan fingerprint density at radius 3 is 2.40 bits per heavy atom. The summed E-state index contributed by atoms with van der Waals surface area (Å²) in [6.45, 7) is 0. The normalized spacial score (nSPS) is 19.4. The summed E-state index contributed by atoms with van der Waals surface area (Å²) in [4.78, 5) is 0. The first kappa shape index (κ1) is 18.8. The number of hydrazone groups is 1. The van der Waals surface area contributed by atoms with Crippen molar-refractivity contribution in [1.29, 1.82) is 0 Å². The first-order valence-corrected chi connectivity index (χ1v) is 10.1. The van der Waals surface area contributed by atoms with E-state index in [0.717, 1.165) is 46.1 Å². The number of ether oxygens (including phenoxy) is 3. The molecule has 2 aliphatic heterocycles. The molecule has 2 heterocycles. The van der Waals surface area contributed by atoms with E-state index in [9.17, 15) is 0 Å². The smallest absolute Gasteiger partial charge is 0.215 e. The van der Waals surface area contributed by atoms with Gasteiger partial charge < -0.3 is 14.2 Å². The standard InChI is InChI=1S/C24H21ClN2O3/c1-28-16-9-7-15(8-10-16)21-14-22-19-13-17(29-2)11-12-23(19)30-24(27(22)26-21)18-5-3-4-6-20(18)25/h3-13,22,24H,14H2,1-2H3. The van der Waals surface area contributed by atoms with E-state index in [2.05, 4.69) is 0 Å². The fraction of sp³-hybridized carbons (Fsp3) is 0.208. The molecule has 3 aromatic carbocycles. The van der Waals surface area contributed by atoms with E-state index in [1.807, 2.05) is 71.7 Å². The van der Waals surface area contributed by atoms with Crippen LogP contribution < -0.4 is 14.2 Å². The van der Waals surface area contributed by atoms with Crippen molar-refractivity contribution < 1.29 is 14.2 Å². The molecule has 5 nitrogen and oxygen atoms in total. The van der Waals surface area contributed by atoms with Crippen molar-refractivity contribution in [3.8, 4) is 17.2 Å². The lowest BCUT2D eigenvalue weighted by atomic mass is 9.95. The second-order valence-electron chi connectivity index (χ2n) is 7.27. The minimum absolute atomic E-state index is 0.0298. The molecule has 6 heteroatoms. The molecule has 0 aromatic heterocycles. The summed E-state index contributed by atoms with van der Waals surface area (Å²) in [5, 5.41) is 7.65. The highest BCUT2D eigenvalue weighted by Gasteiger charge is 2.41. The van der Waals surface area contributed by atoms with Gasteiger partial charge >= 0.3 is 0 Å². The maximum absolute atomic E-state index is 6.52. The largest absolute Gasteiger partial charge is 0.497 e. The van der Waals surface area contributed by atoms with Crippen molar-refractivity contribution in [2.45, 2.75) is 18.7 Å². The Balaban J connectivity index is 1.59. The molecule has 30 heavy (non-hydrogen) atoms. The fourth-order valence-electron chi connectivity index (χ4n) is 4.03. The summed E-state index contributed by atoms with van der Waals surface area (Å²) >= 11 is 6.52. The molecule has 5 rings (SSSR count). The van der Waals surface area contributed by atoms with Gasteiger partial charge in [-0.15, -0.1) is 0 Å². The van der Waals surface area contributed by atoms with Crippen LogP contribution in [0.4, 0.5) is 0 Å². The zero-order chi connectivity index (χ0) is 20.7. The molecule has 0 amide bonds. The molecule has 0 N–H and O–H groups in total. The predicted molar refractivity (Wildman–Crippen MR) is 117 cm³/mol. The molecule has 2 unspecified atom stereocenters. The third-order valence-corrected chi connectivity index (χ3v) is 5.94. The molecule has 2 aliphatic rings. The van der Waals surface area contributed by atoms with Crippen LogP contribution in [0.5, 0.6) is 17.2 Å². The van der Waals surface area contributed by atoms with E-state index in [0.29, 0.717) is 5.02 Å². The first-order valence-electron chi connectivity index (χ1n) is 9.77. The summed E-state index contributed by atoms with van der Waals surface area (Å²) in [7, 11) is 3.34. The SMILES string of the molecule is COc1ccc(C2=NN3C(C2)c2cc(OC)ccc2OC3c2ccccc2Cl)cc1. The van der Waals surface area contributed by atoms with Crippen LogP contribution in [0, 0.1) is 0 Å². The third kappa shape index (κ3) is 3.15. The number of nitrogens with zero attached hydrogens (tertiary/aromatic N) is 2. The van der Waals surface area contributed by atoms with E-state index >= 15 is 0 Å². The van der Waals surface area contributed by atoms with Gasteiger partial charge in [-0.3, -0.25) is 0 Å². The molecule has 0 aliphatic carbocycles. The monoisotopic (exact) mass is 420 g/mol. The van der Waals surface area contributed by atoms with Gasteiger partial charge in [-0.2, -0.15) is 5.10 Å². The van der Waals surface area contributed by atoms with Crippen molar-refractivity contribution >= 4 is 17.3 Å². The predicted octanol–water partition coefficient (Wildman–Crippen LogP) is 5.60. The van der Waals surface area contributed by atoms with Gasteiger partial charge in [-0.1, -0.05) is 29.8 Å². The Bertz CT molecular complexity index is 1110. The van der Waals surface area contributed by atoms with E-state index in [4.69, 9.17) is 30.9 Å². The molecular weight excluding hydrogens is 400 g/mol. The summed E-state index contributed by atoms with van der Waals surface area (Å²) < 4.78 is 17.1. The Kier molecular flexibility index (Phi) is 4.75. The second-order valence-corrected chi connectivity index (χ2v) is 7.68. The van der Waals surface area contributed by atoms with E-state index in [1.54, 1.807) is 14.2 Å². The molecular formula is C24H21ClN2O3. The highest BCUT2D eigenvalue weighted by molar-refractivity contribution is 6.31. The molecule has 2 atom stereocenters. The second kappa shape index (κ2) is 7.58. The summed E-state index contributed by atoms with van der Waals surface area (Å²) in [5.74, 6) is 2.45. The third-order valence-electron chi connectivity index (χ3n) is 5.59. The number of methoxy groups -OCH3 is 2. The minimum atomic E-state index is -0.402. The highest BCUT2D eigenvalue weighted by Crippen LogP contribution is 2.49. The maximum atomic E-state index is 6.52. The first-order chi connectivity index (χ1) is 14.7. The van der Waals surface area contributed by atoms with Crippen LogP contribution in [0.1, 0.15) is 35.4 Å². The van der Waals surface area contributed by atoms with Gasteiger partial charge in [-0.25, -0.2) is 5.01 Å². The van der Waals surface area contributed by atoms with Gasteiger partial charge in [0.1, 0.15) is 17.2 Å². The van der Waals surface area contributed by atoms with Gasteiger partial charge in [0.2, 0.25) is 6.23 Å². The van der Waals surface area contributed by atoms with Gasteiger partial charge in [-0.05, 0) is 54.1 Å².